The smallest absolute Gasteiger partial charge is 0.311 e. The Balaban J connectivity index is 0.944. The van der Waals surface area contributed by atoms with Gasteiger partial charge in [0.1, 0.15) is 0 Å². The van der Waals surface area contributed by atoms with E-state index < -0.39 is 23.5 Å². The summed E-state index contributed by atoms with van der Waals surface area (Å²) >= 11 is 0. The molecule has 2 aliphatic heterocycles. The second-order valence-electron chi connectivity index (χ2n) is 21.5. The molecule has 5 N–H and O–H groups in total. The number of fused-ring (bicyclic) bond motifs is 8. The Bertz CT molecular complexity index is 3730. The zero-order chi connectivity index (χ0) is 62.9. The van der Waals surface area contributed by atoms with Gasteiger partial charge in [-0.1, -0.05) is 63.6 Å². The highest BCUT2D eigenvalue weighted by Crippen LogP contribution is 2.44. The van der Waals surface area contributed by atoms with Gasteiger partial charge in [0, 0.05) is 83.1 Å². The summed E-state index contributed by atoms with van der Waals surface area (Å²) in [6.07, 6.45) is 11.3. The van der Waals surface area contributed by atoms with Gasteiger partial charge in [0.25, 0.3) is 5.91 Å². The topological polar surface area (TPSA) is 267 Å². The third-order valence-electron chi connectivity index (χ3n) is 15.8. The fraction of sp³-hybridized carbons (Fsp3) is 0.368. The van der Waals surface area contributed by atoms with Gasteiger partial charge >= 0.3 is 17.9 Å². The second-order valence-corrected chi connectivity index (χ2v) is 21.5. The SMILES string of the molecule is C=Cc1c(C)c2cc3nc(c(CC(=O)OC)c4nc(cc5[nH]c(cc1[nH]2)c(C)c5CC)C(C)=C4C(=O)NCCCCCCNC(=O)CCCC(=O)Oc1ccc(/C=C/C(=O)CC(=O)/C=C/c2ccc(O)c(OC)c2)cc1OC)C(CCC(=O)OC)C3C. The number of unbranched alkanes of at least 4 members (excludes halogenated alkanes) is 3. The molecule has 7 rings (SSSR count). The number of carbonyl (C=O) groups is 7. The number of carbonyl (C=O) groups excluding carboxylic acids is 7. The Labute approximate surface area is 506 Å². The van der Waals surface area contributed by atoms with Crippen molar-refractivity contribution in [3.8, 4) is 23.0 Å². The van der Waals surface area contributed by atoms with E-state index in [9.17, 15) is 38.7 Å². The van der Waals surface area contributed by atoms with Crippen molar-refractivity contribution in [3.63, 3.8) is 0 Å². The van der Waals surface area contributed by atoms with Gasteiger partial charge in [-0.2, -0.15) is 0 Å². The number of benzene rings is 2. The summed E-state index contributed by atoms with van der Waals surface area (Å²) in [7, 11) is 5.49. The van der Waals surface area contributed by atoms with Crippen molar-refractivity contribution in [1.82, 2.24) is 30.6 Å². The maximum atomic E-state index is 14.7. The quantitative estimate of drug-likeness (QED) is 0.0102. The number of esters is 3. The number of aryl methyl sites for hydroxylation is 3. The number of amides is 2. The van der Waals surface area contributed by atoms with Crippen molar-refractivity contribution in [2.24, 2.45) is 0 Å². The Kier molecular flexibility index (Phi) is 22.9. The van der Waals surface area contributed by atoms with Crippen LogP contribution in [0.1, 0.15) is 159 Å². The zero-order valence-corrected chi connectivity index (χ0v) is 51.1. The number of nitrogens with one attached hydrogen (secondary N) is 4. The molecule has 2 atom stereocenters. The molecule has 0 aliphatic carbocycles. The largest absolute Gasteiger partial charge is 0.504 e. The summed E-state index contributed by atoms with van der Waals surface area (Å²) in [5.74, 6) is -2.80. The predicted molar refractivity (Wildman–Crippen MR) is 335 cm³/mol. The first-order valence-electron chi connectivity index (χ1n) is 29.3. The maximum absolute atomic E-state index is 14.7. The molecule has 2 unspecified atom stereocenters. The molecular formula is C68H78N6O13. The van der Waals surface area contributed by atoms with Crippen molar-refractivity contribution in [2.75, 3.05) is 41.5 Å². The second kappa shape index (κ2) is 30.6. The van der Waals surface area contributed by atoms with Crippen LogP contribution in [-0.4, -0.2) is 108 Å². The minimum absolute atomic E-state index is 0.0186. The average molecular weight is 1190 g/mol. The number of H-pyrrole nitrogens is 2. The summed E-state index contributed by atoms with van der Waals surface area (Å²) in [6, 6.07) is 15.4. The molecule has 0 fully saturated rings. The van der Waals surface area contributed by atoms with Gasteiger partial charge in [0.2, 0.25) is 5.91 Å². The summed E-state index contributed by atoms with van der Waals surface area (Å²) in [4.78, 5) is 109. The highest BCUT2D eigenvalue weighted by molar-refractivity contribution is 6.27. The van der Waals surface area contributed by atoms with Gasteiger partial charge in [-0.3, -0.25) is 38.5 Å². The molecule has 3 aromatic heterocycles. The summed E-state index contributed by atoms with van der Waals surface area (Å²) in [5.41, 5.74) is 12.2. The van der Waals surface area contributed by atoms with E-state index >= 15 is 0 Å². The molecule has 19 heteroatoms. The van der Waals surface area contributed by atoms with Crippen LogP contribution in [0.15, 0.2) is 73.3 Å². The van der Waals surface area contributed by atoms with Crippen molar-refractivity contribution in [3.05, 3.63) is 135 Å². The van der Waals surface area contributed by atoms with Gasteiger partial charge < -0.3 is 49.4 Å². The van der Waals surface area contributed by atoms with E-state index in [-0.39, 0.29) is 91.1 Å². The average Bonchev–Trinajstić information content (AvgIpc) is 1.68. The van der Waals surface area contributed by atoms with E-state index in [1.807, 2.05) is 39.0 Å². The summed E-state index contributed by atoms with van der Waals surface area (Å²) in [6.45, 7) is 15.0. The number of phenols is 1. The highest BCUT2D eigenvalue weighted by Gasteiger charge is 2.36. The molecule has 2 aliphatic rings. The lowest BCUT2D eigenvalue weighted by Crippen LogP contribution is -2.26. The maximum Gasteiger partial charge on any atom is 0.311 e. The summed E-state index contributed by atoms with van der Waals surface area (Å²) < 4.78 is 26.4. The molecule has 87 heavy (non-hydrogen) atoms. The van der Waals surface area contributed by atoms with Crippen LogP contribution in [0.3, 0.4) is 0 Å². The molecule has 0 saturated carbocycles. The molecule has 2 aromatic carbocycles. The van der Waals surface area contributed by atoms with Crippen molar-refractivity contribution in [1.29, 1.82) is 0 Å². The Morgan fingerprint density at radius 2 is 1.31 bits per heavy atom. The van der Waals surface area contributed by atoms with Gasteiger partial charge in [0.05, 0.1) is 63.9 Å². The fourth-order valence-electron chi connectivity index (χ4n) is 10.8. The number of rotatable bonds is 28. The number of ether oxygens (including phenoxy) is 5. The first kappa shape index (κ1) is 65.2. The third-order valence-corrected chi connectivity index (χ3v) is 15.8. The van der Waals surface area contributed by atoms with Crippen LogP contribution in [0.25, 0.3) is 51.4 Å². The lowest BCUT2D eigenvalue weighted by Gasteiger charge is -2.18. The molecule has 458 valence electrons. The number of aromatic amines is 2. The van der Waals surface area contributed by atoms with E-state index in [2.05, 4.69) is 47.1 Å². The van der Waals surface area contributed by atoms with Crippen LogP contribution >= 0.6 is 0 Å². The van der Waals surface area contributed by atoms with E-state index in [1.165, 1.54) is 64.9 Å². The van der Waals surface area contributed by atoms with Crippen molar-refractivity contribution in [2.45, 2.75) is 124 Å². The van der Waals surface area contributed by atoms with Gasteiger partial charge in [0.15, 0.2) is 34.6 Å². The van der Waals surface area contributed by atoms with Gasteiger partial charge in [-0.25, -0.2) is 4.98 Å². The zero-order valence-electron chi connectivity index (χ0n) is 51.1. The Hall–Kier alpha value is -9.39. The number of hydrogen-bond acceptors (Lipinski definition) is 15. The van der Waals surface area contributed by atoms with E-state index in [0.29, 0.717) is 77.3 Å². The van der Waals surface area contributed by atoms with Gasteiger partial charge in [-0.15, -0.1) is 0 Å². The van der Waals surface area contributed by atoms with Crippen LogP contribution < -0.4 is 24.8 Å². The minimum atomic E-state index is -0.552. The lowest BCUT2D eigenvalue weighted by atomic mass is 9.84. The standard InChI is InChI=1S/C68H78N6O13/c1-11-47-39(3)51-36-53-41(5)49(26-29-62(79)85-9)66(73-53)50(35-64(81)86-10)67-65(42(6)54(74-67)38-56-48(12-2)40(4)52(72-56)37-55(47)71-51)68(82)70-31-16-14-13-15-30-69-61(78)18-17-19-63(80)87-58-28-23-44(33-60(58)84-8)21-25-46(76)34-45(75)24-20-43-22-27-57(77)59(32-43)83-7/h11,20-25,27-28,32-33,36-38,41,49,71-72,77H,1,12-19,26,29-31,34-35H2,2-10H3,(H,69,78)(H,70,82)/b24-20+,25-21+,51-36?,52-37?,53-36?,54-38?,55-37?,56-38?,66-50?,67-50?. The lowest BCUT2D eigenvalue weighted by molar-refractivity contribution is -0.141. The number of allylic oxidation sites excluding steroid dienone is 3. The molecule has 0 radical (unpaired) electrons. The van der Waals surface area contributed by atoms with Crippen molar-refractivity contribution < 1.29 is 62.4 Å². The normalized spacial score (nSPS) is 13.8. The van der Waals surface area contributed by atoms with Crippen molar-refractivity contribution >= 4 is 92.7 Å². The van der Waals surface area contributed by atoms with Crippen LogP contribution in [-0.2, 0) is 55.9 Å². The van der Waals surface area contributed by atoms with Crippen LogP contribution in [0.4, 0.5) is 0 Å². The number of hydrogen-bond donors (Lipinski definition) is 5. The number of aromatic nitrogens is 4. The number of methoxy groups -OCH3 is 4. The fourth-order valence-corrected chi connectivity index (χ4v) is 10.8. The molecular weight excluding hydrogens is 1110 g/mol. The van der Waals surface area contributed by atoms with E-state index in [1.54, 1.807) is 24.3 Å². The van der Waals surface area contributed by atoms with Crippen LogP contribution in [0.5, 0.6) is 23.0 Å². The Morgan fingerprint density at radius 3 is 1.97 bits per heavy atom. The number of nitrogens with zero attached hydrogens (tertiary/aromatic N) is 2. The first-order chi connectivity index (χ1) is 41.8. The number of phenolic OH excluding ortho intramolecular Hbond substituents is 1. The van der Waals surface area contributed by atoms with Crippen LogP contribution in [0, 0.1) is 13.8 Å². The molecule has 0 spiro atoms. The van der Waals surface area contributed by atoms with E-state index in [0.717, 1.165) is 69.3 Å². The predicted octanol–water partition coefficient (Wildman–Crippen LogP) is 11.2. The first-order valence-corrected chi connectivity index (χ1v) is 29.3. The number of ketones is 2. The molecule has 19 nitrogen and oxygen atoms in total. The Morgan fingerprint density at radius 1 is 0.667 bits per heavy atom. The molecule has 5 aromatic rings. The third kappa shape index (κ3) is 16.5. The monoisotopic (exact) mass is 1190 g/mol. The number of aromatic hydroxyl groups is 1. The molecule has 2 amide bonds. The van der Waals surface area contributed by atoms with E-state index in [4.69, 9.17) is 33.7 Å². The molecule has 0 saturated heterocycles. The molecule has 5 heterocycles. The highest BCUT2D eigenvalue weighted by atomic mass is 16.6. The van der Waals surface area contributed by atoms with Gasteiger partial charge in [-0.05, 0) is 141 Å². The van der Waals surface area contributed by atoms with Crippen LogP contribution in [0.2, 0.25) is 0 Å². The molecule has 8 bridgehead atoms. The minimum Gasteiger partial charge on any atom is -0.504 e. The summed E-state index contributed by atoms with van der Waals surface area (Å²) in [5, 5.41) is 15.8.